The molecule has 0 radical (unpaired) electrons. The predicted molar refractivity (Wildman–Crippen MR) is 96.4 cm³/mol. The maximum atomic E-state index is 11.2. The Morgan fingerprint density at radius 2 is 1.09 bits per heavy atom. The van der Waals surface area contributed by atoms with E-state index in [0.717, 1.165) is 25.9 Å². The van der Waals surface area contributed by atoms with Crippen LogP contribution in [0.4, 0.5) is 0 Å². The lowest BCUT2D eigenvalue weighted by Gasteiger charge is -2.25. The Bertz CT molecular complexity index is 254. The van der Waals surface area contributed by atoms with Crippen molar-refractivity contribution >= 4 is 5.78 Å². The summed E-state index contributed by atoms with van der Waals surface area (Å²) in [6.07, 6.45) is 20.0. The van der Waals surface area contributed by atoms with Crippen molar-refractivity contribution in [1.29, 1.82) is 0 Å². The number of carbonyl (C=O) groups is 1. The van der Waals surface area contributed by atoms with Gasteiger partial charge in [0.25, 0.3) is 0 Å². The van der Waals surface area contributed by atoms with Gasteiger partial charge in [-0.2, -0.15) is 0 Å². The smallest absolute Gasteiger partial charge is 0.135 e. The van der Waals surface area contributed by atoms with E-state index in [1.165, 1.54) is 90.0 Å². The number of hydrogen-bond donors (Lipinski definition) is 0. The summed E-state index contributed by atoms with van der Waals surface area (Å²) < 4.78 is 0. The van der Waals surface area contributed by atoms with Gasteiger partial charge in [-0.1, -0.05) is 84.0 Å². The van der Waals surface area contributed by atoms with Gasteiger partial charge < -0.3 is 4.90 Å². The molecule has 0 aromatic heterocycles. The molecule has 1 rings (SSSR count). The Kier molecular flexibility index (Phi) is 12.7. The molecule has 0 atom stereocenters. The summed E-state index contributed by atoms with van der Waals surface area (Å²) in [7, 11) is 0. The fraction of sp³-hybridized carbons (Fsp3) is 0.950. The maximum absolute atomic E-state index is 11.2. The molecule has 2 nitrogen and oxygen atoms in total. The van der Waals surface area contributed by atoms with Gasteiger partial charge in [-0.15, -0.1) is 0 Å². The summed E-state index contributed by atoms with van der Waals surface area (Å²) >= 11 is 0. The first-order valence-corrected chi connectivity index (χ1v) is 10.1. The van der Waals surface area contributed by atoms with E-state index in [4.69, 9.17) is 0 Å². The van der Waals surface area contributed by atoms with Gasteiger partial charge in [-0.3, -0.25) is 4.79 Å². The van der Waals surface area contributed by atoms with Crippen molar-refractivity contribution in [3.63, 3.8) is 0 Å². The third-order valence-electron chi connectivity index (χ3n) is 4.99. The van der Waals surface area contributed by atoms with Crippen molar-refractivity contribution in [3.05, 3.63) is 0 Å². The van der Waals surface area contributed by atoms with Crippen LogP contribution in [0, 0.1) is 0 Å². The topological polar surface area (TPSA) is 20.3 Å². The zero-order valence-electron chi connectivity index (χ0n) is 15.1. The molecule has 0 unspecified atom stereocenters. The molecule has 0 saturated carbocycles. The molecule has 0 N–H and O–H groups in total. The highest BCUT2D eigenvalue weighted by molar-refractivity contribution is 5.79. The molecule has 0 amide bonds. The van der Waals surface area contributed by atoms with Gasteiger partial charge in [0, 0.05) is 25.9 Å². The number of hydrogen-bond acceptors (Lipinski definition) is 2. The van der Waals surface area contributed by atoms with Gasteiger partial charge in [0.1, 0.15) is 5.78 Å². The van der Waals surface area contributed by atoms with Crippen LogP contribution in [-0.2, 0) is 4.79 Å². The molecule has 0 aromatic carbocycles. The highest BCUT2D eigenvalue weighted by atomic mass is 16.1. The van der Waals surface area contributed by atoms with Crippen molar-refractivity contribution in [2.24, 2.45) is 0 Å². The van der Waals surface area contributed by atoms with Gasteiger partial charge in [-0.05, 0) is 13.0 Å². The first kappa shape index (κ1) is 19.7. The van der Waals surface area contributed by atoms with Crippen LogP contribution in [0.3, 0.4) is 0 Å². The van der Waals surface area contributed by atoms with Crippen LogP contribution in [0.15, 0.2) is 0 Å². The molecular weight excluding hydrogens is 270 g/mol. The Morgan fingerprint density at radius 3 is 1.55 bits per heavy atom. The summed E-state index contributed by atoms with van der Waals surface area (Å²) in [6.45, 7) is 5.52. The lowest BCUT2D eigenvalue weighted by molar-refractivity contribution is -0.121. The minimum Gasteiger partial charge on any atom is -0.302 e. The van der Waals surface area contributed by atoms with Gasteiger partial charge in [0.15, 0.2) is 0 Å². The predicted octanol–water partition coefficient (Wildman–Crippen LogP) is 5.74. The van der Waals surface area contributed by atoms with Gasteiger partial charge in [0.2, 0.25) is 0 Å². The third kappa shape index (κ3) is 11.2. The number of piperidine rings is 1. The summed E-state index contributed by atoms with van der Waals surface area (Å²) in [5, 5.41) is 0. The molecule has 2 heteroatoms. The Morgan fingerprint density at radius 1 is 0.682 bits per heavy atom. The average molecular weight is 310 g/mol. The van der Waals surface area contributed by atoms with E-state index >= 15 is 0 Å². The van der Waals surface area contributed by atoms with E-state index in [9.17, 15) is 4.79 Å². The van der Waals surface area contributed by atoms with Crippen LogP contribution in [0.2, 0.25) is 0 Å². The third-order valence-corrected chi connectivity index (χ3v) is 4.99. The number of ketones is 1. The molecule has 1 saturated heterocycles. The van der Waals surface area contributed by atoms with E-state index in [1.54, 1.807) is 0 Å². The van der Waals surface area contributed by atoms with Crippen LogP contribution < -0.4 is 0 Å². The van der Waals surface area contributed by atoms with E-state index < -0.39 is 0 Å². The quantitative estimate of drug-likeness (QED) is 0.381. The molecule has 1 fully saturated rings. The Hall–Kier alpha value is -0.370. The molecule has 1 aliphatic rings. The molecule has 0 bridgehead atoms. The largest absolute Gasteiger partial charge is 0.302 e. The van der Waals surface area contributed by atoms with Gasteiger partial charge in [0.05, 0.1) is 0 Å². The number of nitrogens with zero attached hydrogens (tertiary/aromatic N) is 1. The van der Waals surface area contributed by atoms with Crippen molar-refractivity contribution in [2.75, 3.05) is 19.6 Å². The van der Waals surface area contributed by atoms with Crippen LogP contribution >= 0.6 is 0 Å². The van der Waals surface area contributed by atoms with Gasteiger partial charge >= 0.3 is 0 Å². The lowest BCUT2D eigenvalue weighted by Crippen LogP contribution is -2.34. The van der Waals surface area contributed by atoms with E-state index in [1.807, 2.05) is 0 Å². The minimum absolute atomic E-state index is 0.460. The zero-order chi connectivity index (χ0) is 15.9. The summed E-state index contributed by atoms with van der Waals surface area (Å²) in [5.41, 5.74) is 0. The van der Waals surface area contributed by atoms with Crippen LogP contribution in [-0.4, -0.2) is 30.3 Å². The first-order valence-electron chi connectivity index (χ1n) is 10.1. The fourth-order valence-corrected chi connectivity index (χ4v) is 3.38. The van der Waals surface area contributed by atoms with Crippen LogP contribution in [0.1, 0.15) is 103 Å². The molecule has 0 aromatic rings. The molecule has 22 heavy (non-hydrogen) atoms. The second-order valence-electron chi connectivity index (χ2n) is 7.12. The summed E-state index contributed by atoms with van der Waals surface area (Å²) in [4.78, 5) is 13.6. The number of carbonyl (C=O) groups excluding carboxylic acids is 1. The van der Waals surface area contributed by atoms with Crippen molar-refractivity contribution in [3.8, 4) is 0 Å². The molecule has 0 spiro atoms. The molecule has 0 aliphatic carbocycles. The average Bonchev–Trinajstić information content (AvgIpc) is 2.53. The number of likely N-dealkylation sites (tertiary alicyclic amines) is 1. The second-order valence-corrected chi connectivity index (χ2v) is 7.12. The standard InChI is InChI=1S/C20H39NO/c1-2-3-4-5-6-7-8-9-10-11-12-13-14-17-21-18-15-20(22)16-19-21/h2-19H2,1H3. The Balaban J connectivity index is 1.72. The monoisotopic (exact) mass is 309 g/mol. The number of unbranched alkanes of at least 4 members (excludes halogenated alkanes) is 12. The van der Waals surface area contributed by atoms with Crippen molar-refractivity contribution < 1.29 is 4.79 Å². The zero-order valence-corrected chi connectivity index (χ0v) is 15.1. The lowest BCUT2D eigenvalue weighted by atomic mass is 10.0. The SMILES string of the molecule is CCCCCCCCCCCCCCCN1CCC(=O)CC1. The second kappa shape index (κ2) is 14.2. The normalized spacial score (nSPS) is 16.3. The number of Topliss-reactive ketones (excluding diaryl/α,β-unsaturated/α-hetero) is 1. The Labute approximate surface area is 139 Å². The van der Waals surface area contributed by atoms with E-state index in [-0.39, 0.29) is 0 Å². The van der Waals surface area contributed by atoms with E-state index in [2.05, 4.69) is 11.8 Å². The minimum atomic E-state index is 0.460. The van der Waals surface area contributed by atoms with Crippen LogP contribution in [0.5, 0.6) is 0 Å². The molecule has 1 aliphatic heterocycles. The molecular formula is C20H39NO. The van der Waals surface area contributed by atoms with E-state index in [0.29, 0.717) is 5.78 Å². The first-order chi connectivity index (χ1) is 10.8. The summed E-state index contributed by atoms with van der Waals surface area (Å²) in [5.74, 6) is 0.460. The highest BCUT2D eigenvalue weighted by Crippen LogP contribution is 2.13. The van der Waals surface area contributed by atoms with Crippen LogP contribution in [0.25, 0.3) is 0 Å². The van der Waals surface area contributed by atoms with Crippen molar-refractivity contribution in [2.45, 2.75) is 103 Å². The maximum Gasteiger partial charge on any atom is 0.135 e. The van der Waals surface area contributed by atoms with Crippen molar-refractivity contribution in [1.82, 2.24) is 4.90 Å². The summed E-state index contributed by atoms with van der Waals surface area (Å²) in [6, 6.07) is 0. The molecule has 1 heterocycles. The fourth-order valence-electron chi connectivity index (χ4n) is 3.38. The highest BCUT2D eigenvalue weighted by Gasteiger charge is 2.14. The number of rotatable bonds is 14. The molecule has 130 valence electrons. The van der Waals surface area contributed by atoms with Gasteiger partial charge in [-0.25, -0.2) is 0 Å².